The van der Waals surface area contributed by atoms with Gasteiger partial charge in [-0.2, -0.15) is 0 Å². The second kappa shape index (κ2) is 10.5. The zero-order valence-corrected chi connectivity index (χ0v) is 20.0. The van der Waals surface area contributed by atoms with Crippen molar-refractivity contribution in [1.29, 1.82) is 0 Å². The molecule has 0 spiro atoms. The normalized spacial score (nSPS) is 15.8. The summed E-state index contributed by atoms with van der Waals surface area (Å²) in [4.78, 5) is 25.1. The molecule has 0 unspecified atom stereocenters. The third kappa shape index (κ3) is 5.25. The number of hydrogen-bond donors (Lipinski definition) is 2. The number of nitrogens with one attached hydrogen (secondary N) is 2. The quantitative estimate of drug-likeness (QED) is 0.513. The lowest BCUT2D eigenvalue weighted by molar-refractivity contribution is -0.136. The molecule has 0 bridgehead atoms. The zero-order valence-electron chi connectivity index (χ0n) is 19.2. The molecule has 0 saturated heterocycles. The van der Waals surface area contributed by atoms with Crippen LogP contribution >= 0.6 is 0 Å². The van der Waals surface area contributed by atoms with Crippen molar-refractivity contribution in [2.45, 2.75) is 17.9 Å². The predicted octanol–water partition coefficient (Wildman–Crippen LogP) is 2.36. The van der Waals surface area contributed by atoms with Gasteiger partial charge in [-0.15, -0.1) is 0 Å². The van der Waals surface area contributed by atoms with Crippen LogP contribution in [0.1, 0.15) is 18.5 Å². The van der Waals surface area contributed by atoms with Crippen LogP contribution in [0.2, 0.25) is 0 Å². The van der Waals surface area contributed by atoms with Crippen molar-refractivity contribution < 1.29 is 37.0 Å². The minimum atomic E-state index is -4.09. The number of esters is 1. The number of carbonyl (C=O) groups excluding carboxylic acids is 2. The maximum absolute atomic E-state index is 13.4. The third-order valence-corrected chi connectivity index (χ3v) is 6.78. The molecule has 1 atom stereocenters. The van der Waals surface area contributed by atoms with E-state index in [0.717, 1.165) is 0 Å². The average Bonchev–Trinajstić information content (AvgIpc) is 2.83. The molecule has 34 heavy (non-hydrogen) atoms. The van der Waals surface area contributed by atoms with Gasteiger partial charge in [-0.1, -0.05) is 12.1 Å². The van der Waals surface area contributed by atoms with Crippen molar-refractivity contribution in [3.05, 3.63) is 59.3 Å². The summed E-state index contributed by atoms with van der Waals surface area (Å²) in [5, 5.41) is 5.11. The summed E-state index contributed by atoms with van der Waals surface area (Å²) >= 11 is 0. The molecule has 3 rings (SSSR count). The van der Waals surface area contributed by atoms with Gasteiger partial charge in [-0.05, 0) is 36.8 Å². The monoisotopic (exact) mass is 490 g/mol. The van der Waals surface area contributed by atoms with Gasteiger partial charge in [0.25, 0.3) is 0 Å². The molecule has 0 saturated carbocycles. The summed E-state index contributed by atoms with van der Waals surface area (Å²) in [6.45, 7) is 2.33. The molecule has 2 aromatic rings. The third-order valence-electron chi connectivity index (χ3n) is 5.12. The number of ether oxygens (including phenoxy) is 4. The molecule has 0 aliphatic carbocycles. The molecular formula is C23H26N2O8S. The standard InChI is InChI=1S/C23H26N2O8S/c1-5-33-15-8-6-14(7-9-15)21-20(22(26)32-4)17(24-23(27)25-21)13-34(28,29)19-12-16(30-2)10-11-18(19)31-3/h6-12,21H,5,13H2,1-4H3,(H2,24,25,27)/t21-/m0/s1. The summed E-state index contributed by atoms with van der Waals surface area (Å²) < 4.78 is 47.4. The molecule has 2 amide bonds. The minimum Gasteiger partial charge on any atom is -0.497 e. The van der Waals surface area contributed by atoms with Crippen LogP contribution in [0, 0.1) is 0 Å². The topological polar surface area (TPSA) is 129 Å². The van der Waals surface area contributed by atoms with E-state index in [4.69, 9.17) is 18.9 Å². The van der Waals surface area contributed by atoms with Gasteiger partial charge in [-0.25, -0.2) is 18.0 Å². The first-order valence-corrected chi connectivity index (χ1v) is 12.0. The molecular weight excluding hydrogens is 464 g/mol. The summed E-state index contributed by atoms with van der Waals surface area (Å²) in [6, 6.07) is 9.50. The molecule has 0 radical (unpaired) electrons. The Hall–Kier alpha value is -3.73. The summed E-state index contributed by atoms with van der Waals surface area (Å²) in [6.07, 6.45) is 0. The summed E-state index contributed by atoms with van der Waals surface area (Å²) in [7, 11) is -0.159. The van der Waals surface area contributed by atoms with E-state index >= 15 is 0 Å². The van der Waals surface area contributed by atoms with Crippen LogP contribution in [-0.4, -0.2) is 54.1 Å². The second-order valence-electron chi connectivity index (χ2n) is 7.19. The number of rotatable bonds is 9. The van der Waals surface area contributed by atoms with Gasteiger partial charge in [0.2, 0.25) is 0 Å². The molecule has 2 aromatic carbocycles. The van der Waals surface area contributed by atoms with Crippen molar-refractivity contribution in [1.82, 2.24) is 10.6 Å². The number of urea groups is 1. The van der Waals surface area contributed by atoms with Gasteiger partial charge in [0.15, 0.2) is 9.84 Å². The lowest BCUT2D eigenvalue weighted by Gasteiger charge is -2.29. The molecule has 0 fully saturated rings. The lowest BCUT2D eigenvalue weighted by atomic mass is 9.95. The van der Waals surface area contributed by atoms with Crippen molar-refractivity contribution >= 4 is 21.8 Å². The Morgan fingerprint density at radius 2 is 1.68 bits per heavy atom. The molecule has 10 nitrogen and oxygen atoms in total. The van der Waals surface area contributed by atoms with Gasteiger partial charge in [0.05, 0.1) is 45.3 Å². The minimum absolute atomic E-state index is 0.0308. The molecule has 2 N–H and O–H groups in total. The van der Waals surface area contributed by atoms with Crippen LogP contribution in [0.25, 0.3) is 0 Å². The molecule has 0 aromatic heterocycles. The predicted molar refractivity (Wildman–Crippen MR) is 123 cm³/mol. The molecule has 1 aliphatic heterocycles. The Morgan fingerprint density at radius 3 is 2.26 bits per heavy atom. The van der Waals surface area contributed by atoms with Crippen molar-refractivity contribution in [2.75, 3.05) is 33.7 Å². The summed E-state index contributed by atoms with van der Waals surface area (Å²) in [5.41, 5.74) is 0.420. The number of carbonyl (C=O) groups is 2. The first-order valence-electron chi connectivity index (χ1n) is 10.3. The number of methoxy groups -OCH3 is 3. The van der Waals surface area contributed by atoms with Crippen molar-refractivity contribution in [3.8, 4) is 17.2 Å². The fraction of sp³-hybridized carbons (Fsp3) is 0.304. The van der Waals surface area contributed by atoms with E-state index in [-0.39, 0.29) is 21.9 Å². The van der Waals surface area contributed by atoms with Crippen LogP contribution < -0.4 is 24.8 Å². The highest BCUT2D eigenvalue weighted by atomic mass is 32.2. The van der Waals surface area contributed by atoms with Crippen LogP contribution in [0.4, 0.5) is 4.79 Å². The highest BCUT2D eigenvalue weighted by Crippen LogP contribution is 2.33. The fourth-order valence-corrected chi connectivity index (χ4v) is 5.07. The second-order valence-corrected chi connectivity index (χ2v) is 9.15. The van der Waals surface area contributed by atoms with E-state index in [1.807, 2.05) is 6.92 Å². The number of benzene rings is 2. The molecule has 1 heterocycles. The van der Waals surface area contributed by atoms with Crippen LogP contribution in [0.3, 0.4) is 0 Å². The van der Waals surface area contributed by atoms with Crippen molar-refractivity contribution in [3.63, 3.8) is 0 Å². The zero-order chi connectivity index (χ0) is 24.9. The number of sulfone groups is 1. The highest BCUT2D eigenvalue weighted by molar-refractivity contribution is 7.91. The Bertz CT molecular complexity index is 1210. The van der Waals surface area contributed by atoms with Gasteiger partial charge < -0.3 is 29.6 Å². The van der Waals surface area contributed by atoms with E-state index < -0.39 is 33.6 Å². The molecule has 11 heteroatoms. The average molecular weight is 491 g/mol. The Balaban J connectivity index is 2.09. The maximum atomic E-state index is 13.4. The van der Waals surface area contributed by atoms with E-state index in [0.29, 0.717) is 23.7 Å². The maximum Gasteiger partial charge on any atom is 0.338 e. The van der Waals surface area contributed by atoms with E-state index in [1.165, 1.54) is 33.5 Å². The Labute approximate surface area is 197 Å². The van der Waals surface area contributed by atoms with Gasteiger partial charge in [0, 0.05) is 11.8 Å². The van der Waals surface area contributed by atoms with Crippen LogP contribution in [-0.2, 0) is 19.4 Å². The van der Waals surface area contributed by atoms with E-state index in [1.54, 1.807) is 30.3 Å². The Kier molecular flexibility index (Phi) is 7.67. The first kappa shape index (κ1) is 24.9. The largest absolute Gasteiger partial charge is 0.497 e. The van der Waals surface area contributed by atoms with Gasteiger partial charge >= 0.3 is 12.0 Å². The number of amides is 2. The van der Waals surface area contributed by atoms with E-state index in [9.17, 15) is 18.0 Å². The summed E-state index contributed by atoms with van der Waals surface area (Å²) in [5.74, 6) is -0.438. The fourth-order valence-electron chi connectivity index (χ4n) is 3.55. The van der Waals surface area contributed by atoms with Gasteiger partial charge in [-0.3, -0.25) is 0 Å². The Morgan fingerprint density at radius 1 is 1.00 bits per heavy atom. The lowest BCUT2D eigenvalue weighted by Crippen LogP contribution is -2.47. The van der Waals surface area contributed by atoms with Crippen LogP contribution in [0.15, 0.2) is 58.6 Å². The smallest absolute Gasteiger partial charge is 0.338 e. The molecule has 1 aliphatic rings. The first-order chi connectivity index (χ1) is 16.2. The van der Waals surface area contributed by atoms with Gasteiger partial charge in [0.1, 0.15) is 22.1 Å². The SMILES string of the molecule is CCOc1ccc([C@@H]2NC(=O)NC(CS(=O)(=O)c3cc(OC)ccc3OC)=C2C(=O)OC)cc1. The highest BCUT2D eigenvalue weighted by Gasteiger charge is 2.36. The number of hydrogen-bond acceptors (Lipinski definition) is 8. The molecule has 182 valence electrons. The van der Waals surface area contributed by atoms with E-state index in [2.05, 4.69) is 10.6 Å². The van der Waals surface area contributed by atoms with Crippen LogP contribution in [0.5, 0.6) is 17.2 Å². The van der Waals surface area contributed by atoms with Crippen molar-refractivity contribution in [2.24, 2.45) is 0 Å².